The summed E-state index contributed by atoms with van der Waals surface area (Å²) in [7, 11) is 0. The van der Waals surface area contributed by atoms with Gasteiger partial charge in [-0.1, -0.05) is 0 Å². The highest BCUT2D eigenvalue weighted by molar-refractivity contribution is 7.80. The van der Waals surface area contributed by atoms with Crippen LogP contribution in [0.5, 0.6) is 0 Å². The van der Waals surface area contributed by atoms with Gasteiger partial charge in [0.05, 0.1) is 12.1 Å². The van der Waals surface area contributed by atoms with Crippen molar-refractivity contribution >= 4 is 48.2 Å². The summed E-state index contributed by atoms with van der Waals surface area (Å²) in [6.45, 7) is 1.12. The number of hydrogen-bond donors (Lipinski definition) is 9. The molecule has 0 fully saturated rings. The smallest absolute Gasteiger partial charge is 0.328 e. The van der Waals surface area contributed by atoms with E-state index in [1.807, 2.05) is 5.32 Å². The number of carbonyl (C=O) groups excluding carboxylic acids is 4. The summed E-state index contributed by atoms with van der Waals surface area (Å²) in [4.78, 5) is 70.4. The molecule has 0 saturated carbocycles. The number of carboxylic acid groups (broad SMARTS) is 2. The molecule has 0 rings (SSSR count). The van der Waals surface area contributed by atoms with Crippen molar-refractivity contribution in [1.82, 2.24) is 16.0 Å². The summed E-state index contributed by atoms with van der Waals surface area (Å²) in [6.07, 6.45) is -3.02. The molecule has 182 valence electrons. The topological polar surface area (TPSA) is 251 Å². The third-order valence-electron chi connectivity index (χ3n) is 4.17. The molecule has 5 unspecified atom stereocenters. The predicted molar refractivity (Wildman–Crippen MR) is 112 cm³/mol. The molecular weight excluding hydrogens is 450 g/mol. The molecule has 14 nitrogen and oxygen atoms in total. The summed E-state index contributed by atoms with van der Waals surface area (Å²) in [5.41, 5.74) is 10.6. The Morgan fingerprint density at radius 1 is 0.875 bits per heavy atom. The molecule has 0 aliphatic heterocycles. The van der Waals surface area contributed by atoms with Crippen molar-refractivity contribution in [3.05, 3.63) is 0 Å². The van der Waals surface area contributed by atoms with Crippen molar-refractivity contribution in [2.24, 2.45) is 11.5 Å². The molecule has 4 amide bonds. The number of hydrogen-bond acceptors (Lipinski definition) is 9. The molecular formula is C17H29N5O9S. The highest BCUT2D eigenvalue weighted by Crippen LogP contribution is 2.05. The fourth-order valence-electron chi connectivity index (χ4n) is 2.37. The summed E-state index contributed by atoms with van der Waals surface area (Å²) < 4.78 is 0. The Labute approximate surface area is 188 Å². The van der Waals surface area contributed by atoms with Gasteiger partial charge in [0.1, 0.15) is 12.1 Å². The molecule has 5 atom stereocenters. The summed E-state index contributed by atoms with van der Waals surface area (Å²) in [6, 6.07) is -5.67. The van der Waals surface area contributed by atoms with Gasteiger partial charge in [0.25, 0.3) is 0 Å². The molecule has 0 saturated heterocycles. The van der Waals surface area contributed by atoms with Crippen molar-refractivity contribution in [2.75, 3.05) is 5.75 Å². The first-order valence-corrected chi connectivity index (χ1v) is 10.1. The molecule has 0 radical (unpaired) electrons. The van der Waals surface area contributed by atoms with Crippen LogP contribution in [-0.4, -0.2) is 86.9 Å². The van der Waals surface area contributed by atoms with Crippen LogP contribution < -0.4 is 27.4 Å². The molecule has 0 bridgehead atoms. The SMILES string of the molecule is CC(O)C(NC(=O)C(CCC(=O)O)NC(=O)C(CCC(N)=O)NC(=O)C(N)CS)C(=O)O. The van der Waals surface area contributed by atoms with Crippen LogP contribution in [0.25, 0.3) is 0 Å². The van der Waals surface area contributed by atoms with E-state index in [1.54, 1.807) is 0 Å². The largest absolute Gasteiger partial charge is 0.481 e. The Kier molecular flexibility index (Phi) is 12.9. The van der Waals surface area contributed by atoms with E-state index in [4.69, 9.17) is 21.7 Å². The molecule has 0 aromatic carbocycles. The van der Waals surface area contributed by atoms with Crippen LogP contribution in [0.2, 0.25) is 0 Å². The average Bonchev–Trinajstić information content (AvgIpc) is 2.69. The van der Waals surface area contributed by atoms with Gasteiger partial charge in [0.15, 0.2) is 6.04 Å². The quantitative estimate of drug-likeness (QED) is 0.104. The minimum atomic E-state index is -1.72. The summed E-state index contributed by atoms with van der Waals surface area (Å²) in [5, 5.41) is 34.0. The third-order valence-corrected chi connectivity index (χ3v) is 4.57. The molecule has 0 aromatic rings. The van der Waals surface area contributed by atoms with E-state index in [-0.39, 0.29) is 18.6 Å². The summed E-state index contributed by atoms with van der Waals surface area (Å²) in [5.74, 6) is -6.45. The number of aliphatic carboxylic acids is 2. The van der Waals surface area contributed by atoms with Crippen LogP contribution in [0, 0.1) is 0 Å². The number of rotatable bonds is 15. The van der Waals surface area contributed by atoms with Crippen LogP contribution in [0.3, 0.4) is 0 Å². The second-order valence-corrected chi connectivity index (χ2v) is 7.28. The molecule has 0 heterocycles. The zero-order valence-corrected chi connectivity index (χ0v) is 18.2. The lowest BCUT2D eigenvalue weighted by Gasteiger charge is -2.25. The molecule has 0 spiro atoms. The van der Waals surface area contributed by atoms with E-state index in [0.717, 1.165) is 6.92 Å². The van der Waals surface area contributed by atoms with E-state index in [9.17, 15) is 33.9 Å². The second-order valence-electron chi connectivity index (χ2n) is 6.91. The maximum atomic E-state index is 12.7. The Hall–Kier alpha value is -2.91. The number of amides is 4. The monoisotopic (exact) mass is 479 g/mol. The Bertz CT molecular complexity index is 719. The Morgan fingerprint density at radius 2 is 1.34 bits per heavy atom. The van der Waals surface area contributed by atoms with Gasteiger partial charge in [0, 0.05) is 18.6 Å². The van der Waals surface area contributed by atoms with Crippen LogP contribution in [0.15, 0.2) is 0 Å². The van der Waals surface area contributed by atoms with E-state index in [0.29, 0.717) is 0 Å². The van der Waals surface area contributed by atoms with Gasteiger partial charge >= 0.3 is 11.9 Å². The number of thiol groups is 1. The maximum absolute atomic E-state index is 12.7. The van der Waals surface area contributed by atoms with Crippen LogP contribution in [0.1, 0.15) is 32.6 Å². The van der Waals surface area contributed by atoms with Gasteiger partial charge in [-0.15, -0.1) is 0 Å². The normalized spacial score (nSPS) is 15.4. The van der Waals surface area contributed by atoms with Crippen LogP contribution in [-0.2, 0) is 28.8 Å². The minimum absolute atomic E-state index is 0.0461. The van der Waals surface area contributed by atoms with Gasteiger partial charge in [-0.05, 0) is 19.8 Å². The number of aliphatic hydroxyl groups is 1. The summed E-state index contributed by atoms with van der Waals surface area (Å²) >= 11 is 3.87. The van der Waals surface area contributed by atoms with E-state index < -0.39 is 78.7 Å². The minimum Gasteiger partial charge on any atom is -0.481 e. The number of carboxylic acids is 2. The Balaban J connectivity index is 5.57. The van der Waals surface area contributed by atoms with Gasteiger partial charge in [-0.25, -0.2) is 4.79 Å². The predicted octanol–water partition coefficient (Wildman–Crippen LogP) is -3.71. The number of carbonyl (C=O) groups is 6. The first-order chi connectivity index (χ1) is 14.8. The highest BCUT2D eigenvalue weighted by atomic mass is 32.1. The molecule has 0 aliphatic rings. The van der Waals surface area contributed by atoms with Gasteiger partial charge in [-0.3, -0.25) is 24.0 Å². The number of primary amides is 1. The number of aliphatic hydroxyl groups excluding tert-OH is 1. The van der Waals surface area contributed by atoms with Crippen molar-refractivity contribution in [2.45, 2.75) is 62.9 Å². The lowest BCUT2D eigenvalue weighted by molar-refractivity contribution is -0.145. The average molecular weight is 480 g/mol. The number of nitrogens with two attached hydrogens (primary N) is 2. The van der Waals surface area contributed by atoms with Crippen molar-refractivity contribution in [3.63, 3.8) is 0 Å². The lowest BCUT2D eigenvalue weighted by Crippen LogP contribution is -2.58. The molecule has 0 aliphatic carbocycles. The highest BCUT2D eigenvalue weighted by Gasteiger charge is 2.32. The number of nitrogens with one attached hydrogen (secondary N) is 3. The van der Waals surface area contributed by atoms with E-state index in [2.05, 4.69) is 23.3 Å². The van der Waals surface area contributed by atoms with Crippen molar-refractivity contribution in [1.29, 1.82) is 0 Å². The zero-order valence-electron chi connectivity index (χ0n) is 17.3. The standard InChI is InChI=1S/C17H29N5O9S/c1-7(23)13(17(30)31)22-16(29)10(3-5-12(25)26)21-15(28)9(2-4-11(19)24)20-14(27)8(18)6-32/h7-10,13,23,32H,2-6,18H2,1H3,(H2,19,24)(H,20,27)(H,21,28)(H,22,29)(H,25,26)(H,30,31). The van der Waals surface area contributed by atoms with Gasteiger partial charge < -0.3 is 42.7 Å². The second kappa shape index (κ2) is 14.2. The fourth-order valence-corrected chi connectivity index (χ4v) is 2.53. The lowest BCUT2D eigenvalue weighted by atomic mass is 10.1. The molecule has 10 N–H and O–H groups in total. The van der Waals surface area contributed by atoms with E-state index in [1.165, 1.54) is 0 Å². The fraction of sp³-hybridized carbons (Fsp3) is 0.647. The molecule has 32 heavy (non-hydrogen) atoms. The zero-order chi connectivity index (χ0) is 25.0. The van der Waals surface area contributed by atoms with Crippen molar-refractivity contribution < 1.29 is 44.1 Å². The molecule has 15 heteroatoms. The first kappa shape index (κ1) is 29.1. The molecule has 0 aromatic heterocycles. The van der Waals surface area contributed by atoms with Gasteiger partial charge in [-0.2, -0.15) is 12.6 Å². The third kappa shape index (κ3) is 10.9. The van der Waals surface area contributed by atoms with Gasteiger partial charge in [0.2, 0.25) is 23.6 Å². The van der Waals surface area contributed by atoms with Crippen LogP contribution in [0.4, 0.5) is 0 Å². The Morgan fingerprint density at radius 3 is 1.75 bits per heavy atom. The van der Waals surface area contributed by atoms with Crippen molar-refractivity contribution in [3.8, 4) is 0 Å². The van der Waals surface area contributed by atoms with Crippen LogP contribution >= 0.6 is 12.6 Å². The first-order valence-electron chi connectivity index (χ1n) is 9.48. The maximum Gasteiger partial charge on any atom is 0.328 e. The van der Waals surface area contributed by atoms with E-state index >= 15 is 0 Å².